The average Bonchev–Trinajstić information content (AvgIpc) is 3.40. The summed E-state index contributed by atoms with van der Waals surface area (Å²) >= 11 is 0. The van der Waals surface area contributed by atoms with Gasteiger partial charge in [0.25, 0.3) is 0 Å². The van der Waals surface area contributed by atoms with Crippen molar-refractivity contribution in [1.29, 1.82) is 0 Å². The van der Waals surface area contributed by atoms with Crippen molar-refractivity contribution in [2.24, 2.45) is 0 Å². The molecule has 208 valence electrons. The highest BCUT2D eigenvalue weighted by molar-refractivity contribution is 5.88. The Labute approximate surface area is 227 Å². The van der Waals surface area contributed by atoms with Gasteiger partial charge in [-0.3, -0.25) is 0 Å². The second-order valence-corrected chi connectivity index (χ2v) is 8.89. The van der Waals surface area contributed by atoms with Crippen LogP contribution in [-0.4, -0.2) is 64.3 Å². The van der Waals surface area contributed by atoms with E-state index in [1.165, 1.54) is 28.4 Å². The Kier molecular flexibility index (Phi) is 8.43. The van der Waals surface area contributed by atoms with Crippen molar-refractivity contribution < 1.29 is 43.4 Å². The molecule has 0 saturated carbocycles. The molecule has 0 amide bonds. The van der Waals surface area contributed by atoms with Crippen LogP contribution in [0.5, 0.6) is 40.2 Å². The van der Waals surface area contributed by atoms with Gasteiger partial charge in [-0.15, -0.1) is 0 Å². The van der Waals surface area contributed by atoms with Crippen LogP contribution in [0.4, 0.5) is 5.69 Å². The van der Waals surface area contributed by atoms with Crippen LogP contribution in [0, 0.1) is 0 Å². The number of phenolic OH excluding ortho intramolecular Hbond substituents is 1. The third-order valence-corrected chi connectivity index (χ3v) is 6.88. The number of carboxylic acid groups (broad SMARTS) is 1. The largest absolute Gasteiger partial charge is 0.503 e. The summed E-state index contributed by atoms with van der Waals surface area (Å²) in [6.45, 7) is 0.685. The zero-order valence-electron chi connectivity index (χ0n) is 22.6. The topological polar surface area (TPSA) is 116 Å². The highest BCUT2D eigenvalue weighted by Crippen LogP contribution is 2.58. The van der Waals surface area contributed by atoms with Crippen LogP contribution in [0.25, 0.3) is 0 Å². The molecule has 0 aromatic heterocycles. The first-order valence-corrected chi connectivity index (χ1v) is 12.3. The molecular formula is C29H33NO9. The van der Waals surface area contributed by atoms with Crippen LogP contribution in [-0.2, 0) is 11.4 Å². The SMILES string of the molecule is COc1cc(C2CCN(c3c(O)c(OC)c(OC)c(OC)c3OC)[C@@H]2C(=O)O)ccc1OCc1ccccc1. The molecule has 1 aliphatic heterocycles. The number of nitrogens with zero attached hydrogens (tertiary/aromatic N) is 1. The van der Waals surface area contributed by atoms with Gasteiger partial charge in [0.05, 0.1) is 35.5 Å². The van der Waals surface area contributed by atoms with Crippen LogP contribution in [0.1, 0.15) is 23.5 Å². The van der Waals surface area contributed by atoms with E-state index in [4.69, 9.17) is 28.4 Å². The maximum atomic E-state index is 12.7. The lowest BCUT2D eigenvalue weighted by molar-refractivity contribution is -0.138. The molecule has 10 heteroatoms. The summed E-state index contributed by atoms with van der Waals surface area (Å²) < 4.78 is 33.5. The van der Waals surface area contributed by atoms with Gasteiger partial charge in [0, 0.05) is 12.5 Å². The van der Waals surface area contributed by atoms with Crippen molar-refractivity contribution in [1.82, 2.24) is 0 Å². The molecule has 3 aromatic rings. The standard InChI is InChI=1S/C29H33NO9/c1-34-21-15-18(11-12-20(21)39-16-17-9-7-6-8-10-17)19-13-14-30(22(19)29(32)33)23-24(31)26(36-3)28(38-5)27(37-4)25(23)35-2/h6-12,15,19,22,31H,13-14,16H2,1-5H3,(H,32,33)/t19?,22-/m0/s1. The number of benzene rings is 3. The quantitative estimate of drug-likeness (QED) is 0.362. The van der Waals surface area contributed by atoms with Crippen LogP contribution < -0.4 is 33.3 Å². The van der Waals surface area contributed by atoms with Gasteiger partial charge in [-0.25, -0.2) is 4.79 Å². The number of carboxylic acids is 1. The van der Waals surface area contributed by atoms with Crippen molar-refractivity contribution >= 4 is 11.7 Å². The molecule has 0 spiro atoms. The lowest BCUT2D eigenvalue weighted by Gasteiger charge is -2.30. The predicted molar refractivity (Wildman–Crippen MR) is 144 cm³/mol. The Balaban J connectivity index is 1.71. The molecular weight excluding hydrogens is 506 g/mol. The summed E-state index contributed by atoms with van der Waals surface area (Å²) in [5.41, 5.74) is 1.93. The zero-order valence-corrected chi connectivity index (χ0v) is 22.6. The number of hydrogen-bond donors (Lipinski definition) is 2. The summed E-state index contributed by atoms with van der Waals surface area (Å²) in [7, 11) is 7.17. The van der Waals surface area contributed by atoms with Crippen molar-refractivity contribution in [3.05, 3.63) is 59.7 Å². The van der Waals surface area contributed by atoms with Gasteiger partial charge in [-0.2, -0.15) is 0 Å². The van der Waals surface area contributed by atoms with E-state index in [9.17, 15) is 15.0 Å². The molecule has 0 radical (unpaired) electrons. The number of hydrogen-bond acceptors (Lipinski definition) is 9. The number of rotatable bonds is 11. The summed E-state index contributed by atoms with van der Waals surface area (Å²) in [6.07, 6.45) is 0.490. The maximum Gasteiger partial charge on any atom is 0.326 e. The van der Waals surface area contributed by atoms with Gasteiger partial charge in [-0.05, 0) is 29.7 Å². The zero-order chi connectivity index (χ0) is 28.1. The Morgan fingerprint density at radius 1 is 0.846 bits per heavy atom. The molecule has 39 heavy (non-hydrogen) atoms. The minimum Gasteiger partial charge on any atom is -0.503 e. The lowest BCUT2D eigenvalue weighted by Crippen LogP contribution is -2.39. The van der Waals surface area contributed by atoms with E-state index < -0.39 is 17.9 Å². The second-order valence-electron chi connectivity index (χ2n) is 8.89. The Bertz CT molecular complexity index is 1310. The van der Waals surface area contributed by atoms with Crippen molar-refractivity contribution in [2.75, 3.05) is 47.0 Å². The molecule has 1 heterocycles. The number of methoxy groups -OCH3 is 5. The molecule has 1 saturated heterocycles. The maximum absolute atomic E-state index is 12.7. The van der Waals surface area contributed by atoms with Crippen molar-refractivity contribution in [3.63, 3.8) is 0 Å². The van der Waals surface area contributed by atoms with E-state index in [0.717, 1.165) is 11.1 Å². The van der Waals surface area contributed by atoms with E-state index in [1.807, 2.05) is 36.4 Å². The van der Waals surface area contributed by atoms with E-state index in [0.29, 0.717) is 31.1 Å². The number of ether oxygens (including phenoxy) is 6. The van der Waals surface area contributed by atoms with Crippen LogP contribution >= 0.6 is 0 Å². The van der Waals surface area contributed by atoms with Gasteiger partial charge >= 0.3 is 5.97 Å². The van der Waals surface area contributed by atoms with Gasteiger partial charge < -0.3 is 43.5 Å². The highest BCUT2D eigenvalue weighted by Gasteiger charge is 2.44. The molecule has 0 bridgehead atoms. The molecule has 0 aliphatic carbocycles. The van der Waals surface area contributed by atoms with E-state index in [2.05, 4.69) is 0 Å². The molecule has 1 aliphatic rings. The summed E-state index contributed by atoms with van der Waals surface area (Å²) in [4.78, 5) is 14.3. The third kappa shape index (κ3) is 5.14. The molecule has 2 atom stereocenters. The average molecular weight is 540 g/mol. The fraction of sp³-hybridized carbons (Fsp3) is 0.345. The van der Waals surface area contributed by atoms with Crippen LogP contribution in [0.3, 0.4) is 0 Å². The molecule has 4 rings (SSSR count). The number of aromatic hydroxyl groups is 1. The van der Waals surface area contributed by atoms with Gasteiger partial charge in [0.1, 0.15) is 18.3 Å². The smallest absolute Gasteiger partial charge is 0.326 e. The minimum absolute atomic E-state index is 0.0133. The van der Waals surface area contributed by atoms with Gasteiger partial charge in [0.2, 0.25) is 17.2 Å². The lowest BCUT2D eigenvalue weighted by atomic mass is 9.91. The molecule has 10 nitrogen and oxygen atoms in total. The van der Waals surface area contributed by atoms with Crippen molar-refractivity contribution in [2.45, 2.75) is 25.0 Å². The fourth-order valence-corrected chi connectivity index (χ4v) is 5.12. The first-order valence-electron chi connectivity index (χ1n) is 12.3. The molecule has 3 aromatic carbocycles. The number of aliphatic carboxylic acids is 1. The number of carbonyl (C=O) groups is 1. The van der Waals surface area contributed by atoms with E-state index in [-0.39, 0.29) is 34.4 Å². The normalized spacial score (nSPS) is 16.5. The monoisotopic (exact) mass is 539 g/mol. The van der Waals surface area contributed by atoms with E-state index >= 15 is 0 Å². The fourth-order valence-electron chi connectivity index (χ4n) is 5.12. The van der Waals surface area contributed by atoms with Crippen molar-refractivity contribution in [3.8, 4) is 40.2 Å². The second kappa shape index (κ2) is 11.9. The molecule has 1 fully saturated rings. The summed E-state index contributed by atoms with van der Waals surface area (Å²) in [5, 5.41) is 21.6. The molecule has 1 unspecified atom stereocenters. The Morgan fingerprint density at radius 2 is 1.49 bits per heavy atom. The first-order chi connectivity index (χ1) is 18.9. The Morgan fingerprint density at radius 3 is 2.08 bits per heavy atom. The summed E-state index contributed by atoms with van der Waals surface area (Å²) in [5.74, 6) is -0.272. The summed E-state index contributed by atoms with van der Waals surface area (Å²) in [6, 6.07) is 14.2. The van der Waals surface area contributed by atoms with E-state index in [1.54, 1.807) is 24.1 Å². The first kappa shape index (κ1) is 27.6. The highest BCUT2D eigenvalue weighted by atomic mass is 16.5. The van der Waals surface area contributed by atoms with Crippen LogP contribution in [0.2, 0.25) is 0 Å². The molecule has 2 N–H and O–H groups in total. The number of anilines is 1. The third-order valence-electron chi connectivity index (χ3n) is 6.88. The minimum atomic E-state index is -1.06. The predicted octanol–water partition coefficient (Wildman–Crippen LogP) is 4.46. The number of phenols is 1. The Hall–Kier alpha value is -4.47. The van der Waals surface area contributed by atoms with Gasteiger partial charge in [-0.1, -0.05) is 36.4 Å². The van der Waals surface area contributed by atoms with Crippen LogP contribution in [0.15, 0.2) is 48.5 Å². The van der Waals surface area contributed by atoms with Gasteiger partial charge in [0.15, 0.2) is 23.0 Å².